The van der Waals surface area contributed by atoms with Crippen molar-refractivity contribution in [3.63, 3.8) is 0 Å². The third-order valence-corrected chi connectivity index (χ3v) is 7.65. The second kappa shape index (κ2) is 9.27. The lowest BCUT2D eigenvalue weighted by atomic mass is 9.89. The molecule has 0 bridgehead atoms. The Balaban J connectivity index is 1.29. The minimum Gasteiger partial charge on any atom is -0.372 e. The van der Waals surface area contributed by atoms with Gasteiger partial charge in [-0.2, -0.15) is 0 Å². The zero-order valence-corrected chi connectivity index (χ0v) is 18.8. The third-order valence-electron chi connectivity index (χ3n) is 6.49. The van der Waals surface area contributed by atoms with Gasteiger partial charge < -0.3 is 9.80 Å². The van der Waals surface area contributed by atoms with Crippen molar-refractivity contribution in [2.45, 2.75) is 36.5 Å². The molecule has 2 aliphatic heterocycles. The summed E-state index contributed by atoms with van der Waals surface area (Å²) in [6.45, 7) is 5.48. The van der Waals surface area contributed by atoms with E-state index in [0.29, 0.717) is 11.8 Å². The molecule has 2 N–H and O–H groups in total. The van der Waals surface area contributed by atoms with Crippen molar-refractivity contribution in [1.82, 2.24) is 4.90 Å². The third kappa shape index (κ3) is 5.35. The maximum atomic E-state index is 11.4. The van der Waals surface area contributed by atoms with E-state index in [1.165, 1.54) is 24.9 Å². The summed E-state index contributed by atoms with van der Waals surface area (Å²) in [4.78, 5) is 5.14. The van der Waals surface area contributed by atoms with Crippen LogP contribution in [0.2, 0.25) is 5.02 Å². The summed E-state index contributed by atoms with van der Waals surface area (Å²) in [7, 11) is -3.63. The van der Waals surface area contributed by atoms with Crippen molar-refractivity contribution in [2.24, 2.45) is 11.1 Å². The Morgan fingerprint density at radius 2 is 1.73 bits per heavy atom. The summed E-state index contributed by atoms with van der Waals surface area (Å²) >= 11 is 6.20. The number of halogens is 1. The molecule has 1 unspecified atom stereocenters. The van der Waals surface area contributed by atoms with E-state index in [-0.39, 0.29) is 4.90 Å². The number of hydrogen-bond acceptors (Lipinski definition) is 4. The number of piperidine rings is 2. The highest BCUT2D eigenvalue weighted by Gasteiger charge is 2.26. The molecule has 2 fully saturated rings. The molecule has 0 saturated carbocycles. The summed E-state index contributed by atoms with van der Waals surface area (Å²) in [5.74, 6) is 1.29. The number of anilines is 1. The van der Waals surface area contributed by atoms with Crippen molar-refractivity contribution in [3.8, 4) is 0 Å². The van der Waals surface area contributed by atoms with Gasteiger partial charge in [-0.25, -0.2) is 13.6 Å². The number of hydrogen-bond donors (Lipinski definition) is 1. The first-order valence-corrected chi connectivity index (χ1v) is 12.7. The number of likely N-dealkylation sites (tertiary alicyclic amines) is 1. The van der Waals surface area contributed by atoms with Crippen LogP contribution in [-0.2, 0) is 10.0 Å². The van der Waals surface area contributed by atoms with Gasteiger partial charge in [0.1, 0.15) is 0 Å². The van der Waals surface area contributed by atoms with Gasteiger partial charge in [-0.3, -0.25) is 0 Å². The van der Waals surface area contributed by atoms with Crippen LogP contribution < -0.4 is 10.0 Å². The summed E-state index contributed by atoms with van der Waals surface area (Å²) in [5.41, 5.74) is 2.44. The maximum absolute atomic E-state index is 11.4. The van der Waals surface area contributed by atoms with E-state index in [2.05, 4.69) is 28.0 Å². The normalized spacial score (nSPS) is 21.7. The van der Waals surface area contributed by atoms with Gasteiger partial charge in [-0.1, -0.05) is 23.7 Å². The molecular formula is C23H30ClN3O2S. The van der Waals surface area contributed by atoms with E-state index >= 15 is 0 Å². The first kappa shape index (κ1) is 21.6. The van der Waals surface area contributed by atoms with Gasteiger partial charge in [0.05, 0.1) is 4.90 Å². The SMILES string of the molecule is NS(=O)(=O)c1ccc(N2CCC(CN3CCCC(c4cccc(Cl)c4)C3)CC2)cc1. The molecule has 30 heavy (non-hydrogen) atoms. The van der Waals surface area contributed by atoms with Crippen LogP contribution in [0.4, 0.5) is 5.69 Å². The summed E-state index contributed by atoms with van der Waals surface area (Å²) in [6.07, 6.45) is 4.81. The quantitative estimate of drug-likeness (QED) is 0.749. The fourth-order valence-corrected chi connectivity index (χ4v) is 5.55. The molecular weight excluding hydrogens is 418 g/mol. The van der Waals surface area contributed by atoms with Crippen LogP contribution in [0, 0.1) is 5.92 Å². The lowest BCUT2D eigenvalue weighted by Crippen LogP contribution is -2.42. The molecule has 2 saturated heterocycles. The van der Waals surface area contributed by atoms with E-state index in [0.717, 1.165) is 49.7 Å². The average molecular weight is 448 g/mol. The Hall–Kier alpha value is -1.60. The van der Waals surface area contributed by atoms with Crippen LogP contribution in [0.25, 0.3) is 0 Å². The summed E-state index contributed by atoms with van der Waals surface area (Å²) < 4.78 is 22.9. The Kier molecular flexibility index (Phi) is 6.68. The molecule has 4 rings (SSSR count). The van der Waals surface area contributed by atoms with Crippen LogP contribution in [0.15, 0.2) is 53.4 Å². The Labute approximate surface area is 184 Å². The van der Waals surface area contributed by atoms with Gasteiger partial charge in [-0.05, 0) is 86.0 Å². The number of primary sulfonamides is 1. The van der Waals surface area contributed by atoms with E-state index in [1.807, 2.05) is 18.2 Å². The van der Waals surface area contributed by atoms with Crippen molar-refractivity contribution in [1.29, 1.82) is 0 Å². The van der Waals surface area contributed by atoms with Crippen LogP contribution >= 0.6 is 11.6 Å². The minimum absolute atomic E-state index is 0.167. The van der Waals surface area contributed by atoms with Gasteiger partial charge in [0, 0.05) is 36.9 Å². The number of rotatable bonds is 5. The highest BCUT2D eigenvalue weighted by Crippen LogP contribution is 2.30. The Morgan fingerprint density at radius 3 is 2.40 bits per heavy atom. The van der Waals surface area contributed by atoms with Gasteiger partial charge >= 0.3 is 0 Å². The molecule has 7 heteroatoms. The second-order valence-electron chi connectivity index (χ2n) is 8.62. The fraction of sp³-hybridized carbons (Fsp3) is 0.478. The standard InChI is InChI=1S/C23H30ClN3O2S/c24-21-5-1-3-19(15-21)20-4-2-12-26(17-20)16-18-10-13-27(14-11-18)22-6-8-23(9-7-22)30(25,28)29/h1,3,5-9,15,18,20H,2,4,10-14,16-17H2,(H2,25,28,29). The number of benzene rings is 2. The molecule has 1 atom stereocenters. The van der Waals surface area contributed by atoms with Gasteiger partial charge in [0.15, 0.2) is 0 Å². The first-order chi connectivity index (χ1) is 14.4. The predicted octanol–water partition coefficient (Wildman–Crippen LogP) is 4.08. The Bertz CT molecular complexity index is 957. The highest BCUT2D eigenvalue weighted by atomic mass is 35.5. The van der Waals surface area contributed by atoms with Crippen LogP contribution in [0.5, 0.6) is 0 Å². The lowest BCUT2D eigenvalue weighted by molar-refractivity contribution is 0.167. The molecule has 5 nitrogen and oxygen atoms in total. The van der Waals surface area contributed by atoms with E-state index in [9.17, 15) is 8.42 Å². The van der Waals surface area contributed by atoms with Gasteiger partial charge in [-0.15, -0.1) is 0 Å². The number of sulfonamides is 1. The molecule has 0 amide bonds. The molecule has 0 spiro atoms. The molecule has 162 valence electrons. The number of nitrogens with two attached hydrogens (primary N) is 1. The van der Waals surface area contributed by atoms with Crippen molar-refractivity contribution < 1.29 is 8.42 Å². The molecule has 0 aliphatic carbocycles. The van der Waals surface area contributed by atoms with Crippen LogP contribution in [-0.4, -0.2) is 46.0 Å². The lowest BCUT2D eigenvalue weighted by Gasteiger charge is -2.39. The van der Waals surface area contributed by atoms with Crippen molar-refractivity contribution in [2.75, 3.05) is 37.6 Å². The maximum Gasteiger partial charge on any atom is 0.238 e. The monoisotopic (exact) mass is 447 g/mol. The summed E-state index contributed by atoms with van der Waals surface area (Å²) in [5, 5.41) is 6.02. The minimum atomic E-state index is -3.63. The first-order valence-electron chi connectivity index (χ1n) is 10.7. The second-order valence-corrected chi connectivity index (χ2v) is 10.6. The Morgan fingerprint density at radius 1 is 1.00 bits per heavy atom. The molecule has 2 aliphatic rings. The predicted molar refractivity (Wildman–Crippen MR) is 123 cm³/mol. The van der Waals surface area contributed by atoms with Crippen LogP contribution in [0.3, 0.4) is 0 Å². The molecule has 0 radical (unpaired) electrons. The van der Waals surface area contributed by atoms with Gasteiger partial charge in [0.25, 0.3) is 0 Å². The van der Waals surface area contributed by atoms with Crippen LogP contribution in [0.1, 0.15) is 37.2 Å². The zero-order chi connectivity index (χ0) is 21.1. The van der Waals surface area contributed by atoms with Crippen molar-refractivity contribution in [3.05, 3.63) is 59.1 Å². The highest BCUT2D eigenvalue weighted by molar-refractivity contribution is 7.89. The largest absolute Gasteiger partial charge is 0.372 e. The fourth-order valence-electron chi connectivity index (χ4n) is 4.84. The average Bonchev–Trinajstić information content (AvgIpc) is 2.74. The molecule has 2 aromatic rings. The van der Waals surface area contributed by atoms with Gasteiger partial charge in [0.2, 0.25) is 10.0 Å². The van der Waals surface area contributed by atoms with Crippen molar-refractivity contribution >= 4 is 27.3 Å². The zero-order valence-electron chi connectivity index (χ0n) is 17.2. The topological polar surface area (TPSA) is 66.6 Å². The molecule has 2 heterocycles. The van der Waals surface area contributed by atoms with E-state index in [4.69, 9.17) is 16.7 Å². The smallest absolute Gasteiger partial charge is 0.238 e. The molecule has 2 aromatic carbocycles. The van der Waals surface area contributed by atoms with E-state index in [1.54, 1.807) is 12.1 Å². The van der Waals surface area contributed by atoms with E-state index < -0.39 is 10.0 Å². The number of nitrogens with zero attached hydrogens (tertiary/aromatic N) is 2. The molecule has 0 aromatic heterocycles. The summed E-state index contributed by atoms with van der Waals surface area (Å²) in [6, 6.07) is 15.3.